The predicted octanol–water partition coefficient (Wildman–Crippen LogP) is 2.27. The third kappa shape index (κ3) is 3.20. The highest BCUT2D eigenvalue weighted by Crippen LogP contribution is 2.21. The molecule has 1 aliphatic rings. The number of nitrogens with one attached hydrogen (secondary N) is 2. The molecule has 1 fully saturated rings. The molecule has 0 unspecified atom stereocenters. The van der Waals surface area contributed by atoms with Crippen molar-refractivity contribution in [3.8, 4) is 0 Å². The number of halogens is 1. The van der Waals surface area contributed by atoms with Crippen molar-refractivity contribution in [3.05, 3.63) is 21.3 Å². The third-order valence-electron chi connectivity index (χ3n) is 2.74. The first-order chi connectivity index (χ1) is 7.75. The van der Waals surface area contributed by atoms with Gasteiger partial charge in [-0.3, -0.25) is 4.79 Å². The van der Waals surface area contributed by atoms with Gasteiger partial charge in [-0.05, 0) is 37.9 Å². The minimum atomic E-state index is -0.0186. The molecule has 2 N–H and O–H groups in total. The Bertz CT molecular complexity index is 361. The fraction of sp³-hybridized carbons (Fsp3) is 0.545. The van der Waals surface area contributed by atoms with Crippen LogP contribution in [0.1, 0.15) is 28.9 Å². The zero-order valence-electron chi connectivity index (χ0n) is 8.96. The van der Waals surface area contributed by atoms with Crippen molar-refractivity contribution in [2.45, 2.75) is 25.3 Å². The van der Waals surface area contributed by atoms with Gasteiger partial charge >= 0.3 is 0 Å². The lowest BCUT2D eigenvalue weighted by molar-refractivity contribution is 0.0956. The fourth-order valence-corrected chi connectivity index (χ4v) is 2.85. The van der Waals surface area contributed by atoms with Crippen LogP contribution < -0.4 is 10.6 Å². The summed E-state index contributed by atoms with van der Waals surface area (Å²) in [7, 11) is 0. The summed E-state index contributed by atoms with van der Waals surface area (Å²) >= 11 is 7.09. The van der Waals surface area contributed by atoms with E-state index in [1.807, 2.05) is 0 Å². The van der Waals surface area contributed by atoms with E-state index in [9.17, 15) is 4.79 Å². The maximum Gasteiger partial charge on any atom is 0.261 e. The first-order valence-corrected chi connectivity index (χ1v) is 6.72. The van der Waals surface area contributed by atoms with E-state index in [0.717, 1.165) is 19.5 Å². The SMILES string of the molecule is O=C(NCC[C@H]1CCCN1)c1ccc(Cl)s1. The molecule has 1 aromatic heterocycles. The molecule has 0 saturated carbocycles. The highest BCUT2D eigenvalue weighted by atomic mass is 35.5. The summed E-state index contributed by atoms with van der Waals surface area (Å²) in [6.07, 6.45) is 3.48. The Morgan fingerprint density at radius 2 is 2.50 bits per heavy atom. The number of rotatable bonds is 4. The molecule has 1 atom stereocenters. The Morgan fingerprint density at radius 1 is 1.62 bits per heavy atom. The van der Waals surface area contributed by atoms with Crippen molar-refractivity contribution in [2.75, 3.05) is 13.1 Å². The number of amides is 1. The lowest BCUT2D eigenvalue weighted by Gasteiger charge is -2.09. The van der Waals surface area contributed by atoms with Crippen molar-refractivity contribution in [1.29, 1.82) is 0 Å². The molecule has 0 radical (unpaired) electrons. The molecule has 0 aromatic carbocycles. The number of carbonyl (C=O) groups is 1. The summed E-state index contributed by atoms with van der Waals surface area (Å²) in [6, 6.07) is 4.09. The average Bonchev–Trinajstić information content (AvgIpc) is 2.89. The summed E-state index contributed by atoms with van der Waals surface area (Å²) in [5.41, 5.74) is 0. The van der Waals surface area contributed by atoms with Crippen molar-refractivity contribution >= 4 is 28.8 Å². The molecule has 2 heterocycles. The molecular formula is C11H15ClN2OS. The van der Waals surface area contributed by atoms with Gasteiger partial charge in [0.1, 0.15) is 0 Å². The van der Waals surface area contributed by atoms with Gasteiger partial charge in [0, 0.05) is 12.6 Å². The van der Waals surface area contributed by atoms with Crippen molar-refractivity contribution in [2.24, 2.45) is 0 Å². The Kier molecular flexibility index (Phi) is 4.21. The van der Waals surface area contributed by atoms with Crippen LogP contribution in [0.2, 0.25) is 4.34 Å². The summed E-state index contributed by atoms with van der Waals surface area (Å²) in [5.74, 6) is -0.0186. The second-order valence-electron chi connectivity index (χ2n) is 3.94. The molecule has 3 nitrogen and oxygen atoms in total. The maximum absolute atomic E-state index is 11.7. The van der Waals surface area contributed by atoms with Crippen molar-refractivity contribution < 1.29 is 4.79 Å². The largest absolute Gasteiger partial charge is 0.351 e. The smallest absolute Gasteiger partial charge is 0.261 e. The van der Waals surface area contributed by atoms with Gasteiger partial charge in [0.05, 0.1) is 9.21 Å². The molecule has 0 aliphatic carbocycles. The van der Waals surface area contributed by atoms with Crippen LogP contribution in [0.3, 0.4) is 0 Å². The molecular weight excluding hydrogens is 244 g/mol. The van der Waals surface area contributed by atoms with Gasteiger partial charge in [0.25, 0.3) is 5.91 Å². The van der Waals surface area contributed by atoms with E-state index < -0.39 is 0 Å². The van der Waals surface area contributed by atoms with E-state index in [1.54, 1.807) is 12.1 Å². The van der Waals surface area contributed by atoms with Crippen LogP contribution >= 0.6 is 22.9 Å². The molecule has 1 amide bonds. The van der Waals surface area contributed by atoms with E-state index in [4.69, 9.17) is 11.6 Å². The molecule has 1 aromatic rings. The molecule has 1 saturated heterocycles. The maximum atomic E-state index is 11.7. The van der Waals surface area contributed by atoms with Gasteiger partial charge in [0.15, 0.2) is 0 Å². The van der Waals surface area contributed by atoms with Gasteiger partial charge in [-0.15, -0.1) is 11.3 Å². The summed E-state index contributed by atoms with van der Waals surface area (Å²) in [5, 5.41) is 6.32. The van der Waals surface area contributed by atoms with Crippen LogP contribution in [-0.2, 0) is 0 Å². The highest BCUT2D eigenvalue weighted by molar-refractivity contribution is 7.17. The highest BCUT2D eigenvalue weighted by Gasteiger charge is 2.14. The van der Waals surface area contributed by atoms with Gasteiger partial charge < -0.3 is 10.6 Å². The van der Waals surface area contributed by atoms with E-state index >= 15 is 0 Å². The first kappa shape index (κ1) is 11.9. The molecule has 16 heavy (non-hydrogen) atoms. The minimum Gasteiger partial charge on any atom is -0.351 e. The first-order valence-electron chi connectivity index (χ1n) is 5.52. The van der Waals surface area contributed by atoms with Crippen LogP contribution in [0.15, 0.2) is 12.1 Å². The standard InChI is InChI=1S/C11H15ClN2OS/c12-10-4-3-9(16-10)11(15)14-7-5-8-2-1-6-13-8/h3-4,8,13H,1-2,5-7H2,(H,14,15)/t8-/m1/s1. The van der Waals surface area contributed by atoms with E-state index in [2.05, 4.69) is 10.6 Å². The number of thiophene rings is 1. The Hall–Kier alpha value is -0.580. The quantitative estimate of drug-likeness (QED) is 0.870. The number of hydrogen-bond donors (Lipinski definition) is 2. The lowest BCUT2D eigenvalue weighted by Crippen LogP contribution is -2.30. The summed E-state index contributed by atoms with van der Waals surface area (Å²) in [6.45, 7) is 1.84. The number of hydrogen-bond acceptors (Lipinski definition) is 3. The van der Waals surface area contributed by atoms with Crippen LogP contribution in [0.4, 0.5) is 0 Å². The van der Waals surface area contributed by atoms with Crippen molar-refractivity contribution in [3.63, 3.8) is 0 Å². The topological polar surface area (TPSA) is 41.1 Å². The zero-order chi connectivity index (χ0) is 11.4. The van der Waals surface area contributed by atoms with Gasteiger partial charge in [-0.2, -0.15) is 0 Å². The number of carbonyl (C=O) groups excluding carboxylic acids is 1. The minimum absolute atomic E-state index is 0.0186. The summed E-state index contributed by atoms with van der Waals surface area (Å²) < 4.78 is 0.655. The van der Waals surface area contributed by atoms with E-state index in [1.165, 1.54) is 24.2 Å². The van der Waals surface area contributed by atoms with Crippen LogP contribution in [0.5, 0.6) is 0 Å². The second kappa shape index (κ2) is 5.66. The zero-order valence-corrected chi connectivity index (χ0v) is 10.5. The van der Waals surface area contributed by atoms with Gasteiger partial charge in [-0.25, -0.2) is 0 Å². The van der Waals surface area contributed by atoms with E-state index in [0.29, 0.717) is 15.3 Å². The normalized spacial score (nSPS) is 19.9. The Balaban J connectivity index is 1.71. The van der Waals surface area contributed by atoms with Gasteiger partial charge in [0.2, 0.25) is 0 Å². The Labute approximate surface area is 104 Å². The molecule has 2 rings (SSSR count). The average molecular weight is 259 g/mol. The third-order valence-corrected chi connectivity index (χ3v) is 3.97. The molecule has 88 valence electrons. The fourth-order valence-electron chi connectivity index (χ4n) is 1.89. The van der Waals surface area contributed by atoms with Crippen LogP contribution in [0, 0.1) is 0 Å². The second-order valence-corrected chi connectivity index (χ2v) is 5.66. The monoisotopic (exact) mass is 258 g/mol. The molecule has 0 bridgehead atoms. The summed E-state index contributed by atoms with van der Waals surface area (Å²) in [4.78, 5) is 12.3. The molecule has 1 aliphatic heterocycles. The van der Waals surface area contributed by atoms with Crippen LogP contribution in [0.25, 0.3) is 0 Å². The Morgan fingerprint density at radius 3 is 3.12 bits per heavy atom. The van der Waals surface area contributed by atoms with Crippen molar-refractivity contribution in [1.82, 2.24) is 10.6 Å². The predicted molar refractivity (Wildman–Crippen MR) is 67.3 cm³/mol. The van der Waals surface area contributed by atoms with Gasteiger partial charge in [-0.1, -0.05) is 11.6 Å². The molecule has 0 spiro atoms. The van der Waals surface area contributed by atoms with E-state index in [-0.39, 0.29) is 5.91 Å². The lowest BCUT2D eigenvalue weighted by atomic mass is 10.1. The molecule has 5 heteroatoms. The van der Waals surface area contributed by atoms with Crippen LogP contribution in [-0.4, -0.2) is 25.0 Å².